The number of benzene rings is 4. The molecule has 0 atom stereocenters. The molecular weight excluding hydrogens is 490 g/mol. The number of aromatic nitrogens is 2. The summed E-state index contributed by atoms with van der Waals surface area (Å²) >= 11 is 0. The van der Waals surface area contributed by atoms with Gasteiger partial charge in [-0.05, 0) is 59.8 Å². The van der Waals surface area contributed by atoms with Crippen LogP contribution in [-0.2, 0) is 23.1 Å². The number of pyridine rings is 1. The van der Waals surface area contributed by atoms with E-state index in [2.05, 4.69) is 23.2 Å². The highest BCUT2D eigenvalue weighted by Gasteiger charge is 2.26. The number of aromatic amines is 1. The van der Waals surface area contributed by atoms with Gasteiger partial charge >= 0.3 is 0 Å². The zero-order valence-corrected chi connectivity index (χ0v) is 21.8. The number of nitrogens with zero attached hydrogens (tertiary/aromatic N) is 2. The summed E-state index contributed by atoms with van der Waals surface area (Å²) in [7, 11) is -3.81. The van der Waals surface area contributed by atoms with E-state index >= 15 is 0 Å². The highest BCUT2D eigenvalue weighted by Crippen LogP contribution is 2.30. The second kappa shape index (κ2) is 9.89. The fourth-order valence-corrected chi connectivity index (χ4v) is 6.23. The van der Waals surface area contributed by atoms with E-state index in [-0.39, 0.29) is 18.0 Å². The lowest BCUT2D eigenvalue weighted by molar-refractivity contribution is 0.394. The van der Waals surface area contributed by atoms with Gasteiger partial charge in [-0.15, -0.1) is 0 Å². The standard InChI is InChI=1S/C32H27N3O2S/c1-23-15-17-28(18-16-23)38(36,37)35(21-26-19-25-11-5-7-13-31(25)33-26)22-27-20-30(24-9-3-2-4-10-24)29-12-6-8-14-32(29)34-27/h2-20,33H,21-22H2,1H3. The molecule has 0 fully saturated rings. The number of hydrogen-bond donors (Lipinski definition) is 1. The van der Waals surface area contributed by atoms with Gasteiger partial charge in [0.25, 0.3) is 0 Å². The number of nitrogens with one attached hydrogen (secondary N) is 1. The van der Waals surface area contributed by atoms with Crippen molar-refractivity contribution in [1.82, 2.24) is 14.3 Å². The lowest BCUT2D eigenvalue weighted by atomic mass is 10.00. The molecule has 2 heterocycles. The van der Waals surface area contributed by atoms with Crippen LogP contribution in [-0.4, -0.2) is 22.7 Å². The second-order valence-electron chi connectivity index (χ2n) is 9.51. The third-order valence-electron chi connectivity index (χ3n) is 6.78. The molecule has 0 unspecified atom stereocenters. The Morgan fingerprint density at radius 1 is 0.763 bits per heavy atom. The molecule has 5 nitrogen and oxygen atoms in total. The second-order valence-corrected chi connectivity index (χ2v) is 11.5. The number of sulfonamides is 1. The monoisotopic (exact) mass is 517 g/mol. The molecule has 6 aromatic rings. The quantitative estimate of drug-likeness (QED) is 0.246. The maximum absolute atomic E-state index is 14.0. The molecule has 6 rings (SSSR count). The molecule has 0 saturated heterocycles. The smallest absolute Gasteiger partial charge is 0.243 e. The van der Waals surface area contributed by atoms with Crippen molar-refractivity contribution in [3.05, 3.63) is 132 Å². The van der Waals surface area contributed by atoms with Gasteiger partial charge in [0.05, 0.1) is 29.2 Å². The van der Waals surface area contributed by atoms with E-state index in [1.807, 2.05) is 91.9 Å². The van der Waals surface area contributed by atoms with Crippen LogP contribution in [0.25, 0.3) is 32.9 Å². The summed E-state index contributed by atoms with van der Waals surface area (Å²) in [5.74, 6) is 0. The van der Waals surface area contributed by atoms with Crippen molar-refractivity contribution in [2.24, 2.45) is 0 Å². The van der Waals surface area contributed by atoms with Crippen LogP contribution in [0.5, 0.6) is 0 Å². The topological polar surface area (TPSA) is 66.1 Å². The van der Waals surface area contributed by atoms with E-state index in [0.717, 1.165) is 44.2 Å². The number of H-pyrrole nitrogens is 1. The minimum Gasteiger partial charge on any atom is -0.357 e. The molecule has 1 N–H and O–H groups in total. The van der Waals surface area contributed by atoms with Crippen molar-refractivity contribution in [3.63, 3.8) is 0 Å². The molecule has 4 aromatic carbocycles. The Hall–Kier alpha value is -4.26. The van der Waals surface area contributed by atoms with Crippen LogP contribution in [0.1, 0.15) is 17.0 Å². The van der Waals surface area contributed by atoms with Crippen LogP contribution in [0.15, 0.2) is 120 Å². The molecule has 0 spiro atoms. The zero-order valence-electron chi connectivity index (χ0n) is 21.0. The number of aryl methyl sites for hydroxylation is 1. The third kappa shape index (κ3) is 4.72. The van der Waals surface area contributed by atoms with Gasteiger partial charge < -0.3 is 4.98 Å². The molecule has 0 amide bonds. The molecule has 0 aliphatic carbocycles. The van der Waals surface area contributed by atoms with E-state index in [1.165, 1.54) is 4.31 Å². The molecule has 2 aromatic heterocycles. The first-order valence-corrected chi connectivity index (χ1v) is 14.0. The number of hydrogen-bond acceptors (Lipinski definition) is 3. The van der Waals surface area contributed by atoms with Crippen LogP contribution >= 0.6 is 0 Å². The minimum absolute atomic E-state index is 0.135. The molecule has 0 aliphatic heterocycles. The van der Waals surface area contributed by atoms with Gasteiger partial charge in [0, 0.05) is 16.6 Å². The predicted octanol–water partition coefficient (Wildman–Crippen LogP) is 7.08. The SMILES string of the molecule is Cc1ccc(S(=O)(=O)N(Cc2cc(-c3ccccc3)c3ccccc3n2)Cc2cc3ccccc3[nH]2)cc1. The van der Waals surface area contributed by atoms with E-state index in [0.29, 0.717) is 5.69 Å². The summed E-state index contributed by atoms with van der Waals surface area (Å²) in [6, 6.07) is 37.1. The van der Waals surface area contributed by atoms with Gasteiger partial charge in [0.15, 0.2) is 0 Å². The van der Waals surface area contributed by atoms with Crippen molar-refractivity contribution in [2.45, 2.75) is 24.9 Å². The summed E-state index contributed by atoms with van der Waals surface area (Å²) in [5.41, 5.74) is 6.43. The number of para-hydroxylation sites is 2. The maximum atomic E-state index is 14.0. The highest BCUT2D eigenvalue weighted by atomic mass is 32.2. The Morgan fingerprint density at radius 2 is 1.47 bits per heavy atom. The first-order chi connectivity index (χ1) is 18.5. The molecule has 0 bridgehead atoms. The average Bonchev–Trinajstić information content (AvgIpc) is 3.35. The Kier molecular flexibility index (Phi) is 6.27. The lowest BCUT2D eigenvalue weighted by Gasteiger charge is -2.22. The minimum atomic E-state index is -3.81. The lowest BCUT2D eigenvalue weighted by Crippen LogP contribution is -2.30. The third-order valence-corrected chi connectivity index (χ3v) is 8.59. The first-order valence-electron chi connectivity index (χ1n) is 12.5. The summed E-state index contributed by atoms with van der Waals surface area (Å²) < 4.78 is 29.4. The fraction of sp³-hybridized carbons (Fsp3) is 0.0938. The highest BCUT2D eigenvalue weighted by molar-refractivity contribution is 7.89. The Balaban J connectivity index is 1.45. The van der Waals surface area contributed by atoms with Crippen LogP contribution in [0.4, 0.5) is 0 Å². The normalized spacial score (nSPS) is 11.9. The molecule has 6 heteroatoms. The molecule has 0 saturated carbocycles. The van der Waals surface area contributed by atoms with Crippen molar-refractivity contribution in [1.29, 1.82) is 0 Å². The van der Waals surface area contributed by atoms with Gasteiger partial charge in [-0.1, -0.05) is 84.4 Å². The number of rotatable bonds is 7. The maximum Gasteiger partial charge on any atom is 0.243 e. The van der Waals surface area contributed by atoms with Gasteiger partial charge in [0.2, 0.25) is 10.0 Å². The average molecular weight is 518 g/mol. The number of fused-ring (bicyclic) bond motifs is 2. The Labute approximate surface area is 222 Å². The van der Waals surface area contributed by atoms with Crippen LogP contribution in [0.3, 0.4) is 0 Å². The molecule has 0 radical (unpaired) electrons. The largest absolute Gasteiger partial charge is 0.357 e. The predicted molar refractivity (Wildman–Crippen MR) is 153 cm³/mol. The Morgan fingerprint density at radius 3 is 2.26 bits per heavy atom. The fourth-order valence-electron chi connectivity index (χ4n) is 4.84. The van der Waals surface area contributed by atoms with Crippen LogP contribution in [0, 0.1) is 6.92 Å². The molecule has 38 heavy (non-hydrogen) atoms. The van der Waals surface area contributed by atoms with Crippen molar-refractivity contribution in [3.8, 4) is 11.1 Å². The van der Waals surface area contributed by atoms with Crippen molar-refractivity contribution >= 4 is 31.8 Å². The summed E-state index contributed by atoms with van der Waals surface area (Å²) in [6.07, 6.45) is 0. The summed E-state index contributed by atoms with van der Waals surface area (Å²) in [6.45, 7) is 2.28. The van der Waals surface area contributed by atoms with Crippen molar-refractivity contribution in [2.75, 3.05) is 0 Å². The van der Waals surface area contributed by atoms with E-state index in [4.69, 9.17) is 4.98 Å². The van der Waals surface area contributed by atoms with Crippen LogP contribution < -0.4 is 0 Å². The summed E-state index contributed by atoms with van der Waals surface area (Å²) in [4.78, 5) is 8.54. The van der Waals surface area contributed by atoms with Crippen molar-refractivity contribution < 1.29 is 8.42 Å². The van der Waals surface area contributed by atoms with Crippen LogP contribution in [0.2, 0.25) is 0 Å². The Bertz CT molecular complexity index is 1810. The van der Waals surface area contributed by atoms with Gasteiger partial charge in [-0.2, -0.15) is 4.31 Å². The molecular formula is C32H27N3O2S. The van der Waals surface area contributed by atoms with Gasteiger partial charge in [-0.3, -0.25) is 4.98 Å². The first kappa shape index (κ1) is 24.1. The molecule has 0 aliphatic rings. The van der Waals surface area contributed by atoms with Gasteiger partial charge in [0.1, 0.15) is 0 Å². The van der Waals surface area contributed by atoms with E-state index < -0.39 is 10.0 Å². The van der Waals surface area contributed by atoms with E-state index in [1.54, 1.807) is 12.1 Å². The molecule has 188 valence electrons. The summed E-state index contributed by atoms with van der Waals surface area (Å²) in [5, 5.41) is 2.08. The van der Waals surface area contributed by atoms with E-state index in [9.17, 15) is 8.42 Å². The zero-order chi connectivity index (χ0) is 26.1. The van der Waals surface area contributed by atoms with Gasteiger partial charge in [-0.25, -0.2) is 8.42 Å².